The molecule has 2 aromatic carbocycles. The van der Waals surface area contributed by atoms with Crippen LogP contribution in [-0.2, 0) is 0 Å². The number of rotatable bonds is 5. The molecule has 2 rings (SSSR count). The second-order valence-electron chi connectivity index (χ2n) is 4.81. The van der Waals surface area contributed by atoms with Crippen molar-refractivity contribution in [2.45, 2.75) is 26.3 Å². The van der Waals surface area contributed by atoms with E-state index in [1.807, 2.05) is 30.3 Å². The van der Waals surface area contributed by atoms with Crippen LogP contribution in [0.5, 0.6) is 5.75 Å². The van der Waals surface area contributed by atoms with Gasteiger partial charge in [0.25, 0.3) is 0 Å². The highest BCUT2D eigenvalue weighted by Gasteiger charge is 2.14. The lowest BCUT2D eigenvalue weighted by Gasteiger charge is -2.21. The Kier molecular flexibility index (Phi) is 4.61. The van der Waals surface area contributed by atoms with E-state index in [2.05, 4.69) is 12.2 Å². The van der Waals surface area contributed by atoms with Crippen LogP contribution < -0.4 is 10.1 Å². The first kappa shape index (κ1) is 14.4. The summed E-state index contributed by atoms with van der Waals surface area (Å²) in [5.74, 6) is 0.657. The molecule has 0 aromatic heterocycles. The lowest BCUT2D eigenvalue weighted by atomic mass is 10.0. The molecule has 1 unspecified atom stereocenters. The topological polar surface area (TPSA) is 21.3 Å². The second kappa shape index (κ2) is 6.42. The molecular formula is C17H20FNO. The molecule has 2 nitrogen and oxygen atoms in total. The monoisotopic (exact) mass is 273 g/mol. The zero-order chi connectivity index (χ0) is 14.5. The zero-order valence-electron chi connectivity index (χ0n) is 12.1. The van der Waals surface area contributed by atoms with Gasteiger partial charge in [0, 0.05) is 11.3 Å². The van der Waals surface area contributed by atoms with Gasteiger partial charge in [-0.1, -0.05) is 31.2 Å². The molecule has 3 heteroatoms. The molecule has 0 aliphatic rings. The first-order valence-corrected chi connectivity index (χ1v) is 6.81. The fraction of sp³-hybridized carbons (Fsp3) is 0.294. The summed E-state index contributed by atoms with van der Waals surface area (Å²) in [6, 6.07) is 13.2. The average molecular weight is 273 g/mol. The molecule has 1 N–H and O–H groups in total. The van der Waals surface area contributed by atoms with Gasteiger partial charge >= 0.3 is 0 Å². The number of para-hydroxylation sites is 1. The average Bonchev–Trinajstić information content (AvgIpc) is 2.48. The van der Waals surface area contributed by atoms with Crippen molar-refractivity contribution in [3.8, 4) is 5.75 Å². The van der Waals surface area contributed by atoms with Crippen LogP contribution in [-0.4, -0.2) is 7.11 Å². The summed E-state index contributed by atoms with van der Waals surface area (Å²) in [5.41, 5.74) is 2.52. The minimum absolute atomic E-state index is 0.0910. The van der Waals surface area contributed by atoms with Gasteiger partial charge in [-0.25, -0.2) is 4.39 Å². The number of anilines is 1. The third-order valence-electron chi connectivity index (χ3n) is 3.44. The van der Waals surface area contributed by atoms with Crippen LogP contribution in [0, 0.1) is 12.7 Å². The van der Waals surface area contributed by atoms with Gasteiger partial charge in [0.05, 0.1) is 13.2 Å². The number of hydrogen-bond donors (Lipinski definition) is 1. The summed E-state index contributed by atoms with van der Waals surface area (Å²) >= 11 is 0. The molecule has 2 aromatic rings. The summed E-state index contributed by atoms with van der Waals surface area (Å²) in [7, 11) is 1.66. The van der Waals surface area contributed by atoms with E-state index in [1.165, 1.54) is 6.07 Å². The first-order valence-electron chi connectivity index (χ1n) is 6.81. The number of benzene rings is 2. The van der Waals surface area contributed by atoms with E-state index < -0.39 is 0 Å². The van der Waals surface area contributed by atoms with Gasteiger partial charge in [-0.05, 0) is 37.1 Å². The minimum Gasteiger partial charge on any atom is -0.496 e. The number of aryl methyl sites for hydroxylation is 1. The van der Waals surface area contributed by atoms with Crippen LogP contribution in [0.25, 0.3) is 0 Å². The maximum Gasteiger partial charge on any atom is 0.128 e. The van der Waals surface area contributed by atoms with E-state index in [0.29, 0.717) is 5.56 Å². The van der Waals surface area contributed by atoms with E-state index in [0.717, 1.165) is 23.4 Å². The summed E-state index contributed by atoms with van der Waals surface area (Å²) in [6.45, 7) is 3.85. The molecule has 0 saturated carbocycles. The van der Waals surface area contributed by atoms with E-state index in [1.54, 1.807) is 20.1 Å². The fourth-order valence-corrected chi connectivity index (χ4v) is 2.24. The van der Waals surface area contributed by atoms with Crippen molar-refractivity contribution in [3.05, 3.63) is 59.4 Å². The second-order valence-corrected chi connectivity index (χ2v) is 4.81. The molecule has 0 saturated heterocycles. The highest BCUT2D eigenvalue weighted by atomic mass is 19.1. The molecule has 1 atom stereocenters. The van der Waals surface area contributed by atoms with E-state index in [4.69, 9.17) is 4.74 Å². The van der Waals surface area contributed by atoms with Gasteiger partial charge < -0.3 is 10.1 Å². The Bertz CT molecular complexity index is 583. The summed E-state index contributed by atoms with van der Waals surface area (Å²) in [6.07, 6.45) is 0.885. The summed E-state index contributed by atoms with van der Waals surface area (Å²) < 4.78 is 19.0. The van der Waals surface area contributed by atoms with Crippen molar-refractivity contribution >= 4 is 5.69 Å². The highest BCUT2D eigenvalue weighted by molar-refractivity contribution is 5.49. The Hall–Kier alpha value is -2.03. The Balaban J connectivity index is 2.26. The van der Waals surface area contributed by atoms with Crippen LogP contribution in [0.1, 0.15) is 30.5 Å². The van der Waals surface area contributed by atoms with Crippen molar-refractivity contribution in [2.75, 3.05) is 12.4 Å². The largest absolute Gasteiger partial charge is 0.496 e. The van der Waals surface area contributed by atoms with Crippen molar-refractivity contribution < 1.29 is 9.13 Å². The van der Waals surface area contributed by atoms with Gasteiger partial charge in [0.1, 0.15) is 11.6 Å². The molecule has 0 amide bonds. The first-order chi connectivity index (χ1) is 9.65. The molecule has 106 valence electrons. The van der Waals surface area contributed by atoms with Crippen LogP contribution in [0.15, 0.2) is 42.5 Å². The van der Waals surface area contributed by atoms with Crippen molar-refractivity contribution in [1.29, 1.82) is 0 Å². The normalized spacial score (nSPS) is 12.0. The molecule has 0 bridgehead atoms. The Labute approximate surface area is 119 Å². The van der Waals surface area contributed by atoms with Crippen LogP contribution in [0.2, 0.25) is 0 Å². The summed E-state index contributed by atoms with van der Waals surface area (Å²) in [5, 5.41) is 3.37. The molecule has 0 fully saturated rings. The van der Waals surface area contributed by atoms with Gasteiger partial charge in [0.2, 0.25) is 0 Å². The van der Waals surface area contributed by atoms with Gasteiger partial charge in [0.15, 0.2) is 0 Å². The maximum absolute atomic E-state index is 13.6. The number of hydrogen-bond acceptors (Lipinski definition) is 2. The van der Waals surface area contributed by atoms with Crippen molar-refractivity contribution in [3.63, 3.8) is 0 Å². The SMILES string of the molecule is CCC(Nc1ccc(C)c(F)c1)c1ccccc1OC. The predicted molar refractivity (Wildman–Crippen MR) is 80.8 cm³/mol. The van der Waals surface area contributed by atoms with E-state index in [9.17, 15) is 4.39 Å². The lowest BCUT2D eigenvalue weighted by molar-refractivity contribution is 0.406. The van der Waals surface area contributed by atoms with Crippen molar-refractivity contribution in [2.24, 2.45) is 0 Å². The van der Waals surface area contributed by atoms with Crippen LogP contribution in [0.3, 0.4) is 0 Å². The molecule has 0 aliphatic carbocycles. The lowest BCUT2D eigenvalue weighted by Crippen LogP contribution is -2.11. The highest BCUT2D eigenvalue weighted by Crippen LogP contribution is 2.30. The predicted octanol–water partition coefficient (Wildman–Crippen LogP) is 4.71. The Morgan fingerprint density at radius 1 is 1.20 bits per heavy atom. The van der Waals surface area contributed by atoms with E-state index in [-0.39, 0.29) is 11.9 Å². The number of methoxy groups -OCH3 is 1. The molecule has 0 heterocycles. The number of halogens is 1. The summed E-state index contributed by atoms with van der Waals surface area (Å²) in [4.78, 5) is 0. The Morgan fingerprint density at radius 3 is 2.60 bits per heavy atom. The maximum atomic E-state index is 13.6. The van der Waals surface area contributed by atoms with Gasteiger partial charge in [-0.2, -0.15) is 0 Å². The third kappa shape index (κ3) is 3.10. The van der Waals surface area contributed by atoms with E-state index >= 15 is 0 Å². The quantitative estimate of drug-likeness (QED) is 0.852. The van der Waals surface area contributed by atoms with Crippen LogP contribution in [0.4, 0.5) is 10.1 Å². The molecular weight excluding hydrogens is 253 g/mol. The number of nitrogens with one attached hydrogen (secondary N) is 1. The molecule has 0 radical (unpaired) electrons. The third-order valence-corrected chi connectivity index (χ3v) is 3.44. The van der Waals surface area contributed by atoms with Crippen LogP contribution >= 0.6 is 0 Å². The molecule has 0 spiro atoms. The zero-order valence-corrected chi connectivity index (χ0v) is 12.1. The van der Waals surface area contributed by atoms with Gasteiger partial charge in [-0.15, -0.1) is 0 Å². The Morgan fingerprint density at radius 2 is 1.95 bits per heavy atom. The number of ether oxygens (including phenoxy) is 1. The fourth-order valence-electron chi connectivity index (χ4n) is 2.24. The molecule has 20 heavy (non-hydrogen) atoms. The molecule has 0 aliphatic heterocycles. The van der Waals surface area contributed by atoms with Gasteiger partial charge in [-0.3, -0.25) is 0 Å². The standard InChI is InChI=1S/C17H20FNO/c1-4-16(14-7-5-6-8-17(14)20-3)19-13-10-9-12(2)15(18)11-13/h5-11,16,19H,4H2,1-3H3. The minimum atomic E-state index is -0.190. The van der Waals surface area contributed by atoms with Crippen molar-refractivity contribution in [1.82, 2.24) is 0 Å². The smallest absolute Gasteiger partial charge is 0.128 e.